The van der Waals surface area contributed by atoms with E-state index in [1.807, 2.05) is 13.0 Å². The van der Waals surface area contributed by atoms with Gasteiger partial charge in [-0.15, -0.1) is 0 Å². The van der Waals surface area contributed by atoms with Gasteiger partial charge in [0.1, 0.15) is 22.6 Å². The number of para-hydroxylation sites is 1. The molecule has 0 N–H and O–H groups in total. The summed E-state index contributed by atoms with van der Waals surface area (Å²) in [5, 5.41) is 1.75. The van der Waals surface area contributed by atoms with E-state index in [4.69, 9.17) is 16.6 Å². The molecule has 1 saturated heterocycles. The standard InChI is InChI=1S/C21H24ClN5/c1-4-18-23-17(22)13-20(24-18)27-10-8-26(9-11-27)19-12-15(3)16-7-5-6-14(2)21(16)25-19/h5-7,12-13H,4,8-11H2,1-3H3. The molecule has 6 heteroatoms. The van der Waals surface area contributed by atoms with E-state index in [0.717, 1.165) is 55.6 Å². The van der Waals surface area contributed by atoms with Gasteiger partial charge >= 0.3 is 0 Å². The van der Waals surface area contributed by atoms with Crippen LogP contribution in [0, 0.1) is 13.8 Å². The van der Waals surface area contributed by atoms with Gasteiger partial charge in [-0.3, -0.25) is 0 Å². The summed E-state index contributed by atoms with van der Waals surface area (Å²) in [4.78, 5) is 18.5. The lowest BCUT2D eigenvalue weighted by Gasteiger charge is -2.36. The van der Waals surface area contributed by atoms with Gasteiger partial charge in [0, 0.05) is 44.1 Å². The number of benzene rings is 1. The highest BCUT2D eigenvalue weighted by Gasteiger charge is 2.21. The topological polar surface area (TPSA) is 45.2 Å². The third kappa shape index (κ3) is 3.56. The van der Waals surface area contributed by atoms with Crippen molar-refractivity contribution in [3.05, 3.63) is 52.4 Å². The number of aromatic nitrogens is 3. The normalized spacial score (nSPS) is 14.8. The van der Waals surface area contributed by atoms with Crippen LogP contribution in [0.4, 0.5) is 11.6 Å². The van der Waals surface area contributed by atoms with Crippen molar-refractivity contribution < 1.29 is 0 Å². The number of rotatable bonds is 3. The lowest BCUT2D eigenvalue weighted by Crippen LogP contribution is -2.47. The summed E-state index contributed by atoms with van der Waals surface area (Å²) >= 11 is 6.16. The molecule has 27 heavy (non-hydrogen) atoms. The molecule has 2 aromatic heterocycles. The molecular weight excluding hydrogens is 358 g/mol. The monoisotopic (exact) mass is 381 g/mol. The first-order valence-corrected chi connectivity index (χ1v) is 9.83. The molecule has 1 aliphatic rings. The Labute approximate surface area is 165 Å². The highest BCUT2D eigenvalue weighted by molar-refractivity contribution is 6.29. The SMILES string of the molecule is CCc1nc(Cl)cc(N2CCN(c3cc(C)c4cccc(C)c4n3)CC2)n1. The van der Waals surface area contributed by atoms with Crippen LogP contribution in [0.25, 0.3) is 10.9 Å². The second-order valence-electron chi connectivity index (χ2n) is 7.06. The highest BCUT2D eigenvalue weighted by atomic mass is 35.5. The number of hydrogen-bond donors (Lipinski definition) is 0. The number of fused-ring (bicyclic) bond motifs is 1. The van der Waals surface area contributed by atoms with E-state index in [1.165, 1.54) is 16.5 Å². The molecule has 0 bridgehead atoms. The van der Waals surface area contributed by atoms with E-state index in [2.05, 4.69) is 57.9 Å². The summed E-state index contributed by atoms with van der Waals surface area (Å²) < 4.78 is 0. The van der Waals surface area contributed by atoms with Crippen LogP contribution in [-0.4, -0.2) is 41.1 Å². The number of hydrogen-bond acceptors (Lipinski definition) is 5. The van der Waals surface area contributed by atoms with Crippen LogP contribution < -0.4 is 9.80 Å². The first kappa shape index (κ1) is 18.0. The molecule has 0 radical (unpaired) electrons. The maximum absolute atomic E-state index is 6.16. The molecule has 4 rings (SSSR count). The molecular formula is C21H24ClN5. The van der Waals surface area contributed by atoms with Gasteiger partial charge in [0.05, 0.1) is 5.52 Å². The zero-order valence-corrected chi connectivity index (χ0v) is 16.8. The number of pyridine rings is 1. The summed E-state index contributed by atoms with van der Waals surface area (Å²) in [6, 6.07) is 10.4. The minimum absolute atomic E-state index is 0.515. The quantitative estimate of drug-likeness (QED) is 0.637. The van der Waals surface area contributed by atoms with Crippen LogP contribution in [0.1, 0.15) is 23.9 Å². The van der Waals surface area contributed by atoms with Crippen molar-refractivity contribution in [2.24, 2.45) is 0 Å². The van der Waals surface area contributed by atoms with Gasteiger partial charge in [-0.25, -0.2) is 15.0 Å². The molecule has 1 aromatic carbocycles. The van der Waals surface area contributed by atoms with Gasteiger partial charge in [-0.2, -0.15) is 0 Å². The minimum atomic E-state index is 0.515. The smallest absolute Gasteiger partial charge is 0.134 e. The number of piperazine rings is 1. The zero-order valence-electron chi connectivity index (χ0n) is 16.0. The molecule has 3 heterocycles. The number of anilines is 2. The fourth-order valence-electron chi connectivity index (χ4n) is 3.64. The Kier molecular flexibility index (Phi) is 4.87. The Bertz CT molecular complexity index is 980. The lowest BCUT2D eigenvalue weighted by atomic mass is 10.1. The van der Waals surface area contributed by atoms with Gasteiger partial charge in [0.2, 0.25) is 0 Å². The van der Waals surface area contributed by atoms with E-state index in [9.17, 15) is 0 Å². The molecule has 3 aromatic rings. The number of halogens is 1. The second-order valence-corrected chi connectivity index (χ2v) is 7.45. The second kappa shape index (κ2) is 7.31. The maximum atomic E-state index is 6.16. The average Bonchev–Trinajstić information content (AvgIpc) is 2.68. The molecule has 0 spiro atoms. The van der Waals surface area contributed by atoms with E-state index in [1.54, 1.807) is 0 Å². The van der Waals surface area contributed by atoms with E-state index in [-0.39, 0.29) is 0 Å². The number of aryl methyl sites for hydroxylation is 3. The average molecular weight is 382 g/mol. The van der Waals surface area contributed by atoms with Crippen molar-refractivity contribution in [3.8, 4) is 0 Å². The fourth-order valence-corrected chi connectivity index (χ4v) is 3.84. The molecule has 0 atom stereocenters. The van der Waals surface area contributed by atoms with Crippen LogP contribution in [0.2, 0.25) is 5.15 Å². The summed E-state index contributed by atoms with van der Waals surface area (Å²) in [5.41, 5.74) is 3.60. The Morgan fingerprint density at radius 1 is 0.889 bits per heavy atom. The van der Waals surface area contributed by atoms with Crippen LogP contribution in [0.15, 0.2) is 30.3 Å². The summed E-state index contributed by atoms with van der Waals surface area (Å²) in [6.07, 6.45) is 0.785. The molecule has 1 fully saturated rings. The lowest BCUT2D eigenvalue weighted by molar-refractivity contribution is 0.640. The molecule has 0 aliphatic carbocycles. The van der Waals surface area contributed by atoms with Crippen molar-refractivity contribution in [2.45, 2.75) is 27.2 Å². The van der Waals surface area contributed by atoms with Gasteiger partial charge in [0.25, 0.3) is 0 Å². The maximum Gasteiger partial charge on any atom is 0.134 e. The van der Waals surface area contributed by atoms with Crippen molar-refractivity contribution in [2.75, 3.05) is 36.0 Å². The van der Waals surface area contributed by atoms with Crippen molar-refractivity contribution in [1.29, 1.82) is 0 Å². The van der Waals surface area contributed by atoms with Gasteiger partial charge < -0.3 is 9.80 Å². The summed E-state index contributed by atoms with van der Waals surface area (Å²) in [6.45, 7) is 9.94. The third-order valence-electron chi connectivity index (χ3n) is 5.21. The Morgan fingerprint density at radius 3 is 2.22 bits per heavy atom. The van der Waals surface area contributed by atoms with Crippen LogP contribution in [-0.2, 0) is 6.42 Å². The van der Waals surface area contributed by atoms with Crippen LogP contribution >= 0.6 is 11.6 Å². The van der Waals surface area contributed by atoms with Gasteiger partial charge in [0.15, 0.2) is 0 Å². The van der Waals surface area contributed by atoms with Crippen LogP contribution in [0.5, 0.6) is 0 Å². The van der Waals surface area contributed by atoms with Crippen molar-refractivity contribution in [3.63, 3.8) is 0 Å². The first-order valence-electron chi connectivity index (χ1n) is 9.45. The van der Waals surface area contributed by atoms with E-state index in [0.29, 0.717) is 5.15 Å². The van der Waals surface area contributed by atoms with Gasteiger partial charge in [-0.05, 0) is 31.0 Å². The number of nitrogens with zero attached hydrogens (tertiary/aromatic N) is 5. The van der Waals surface area contributed by atoms with Crippen molar-refractivity contribution in [1.82, 2.24) is 15.0 Å². The molecule has 0 saturated carbocycles. The fraction of sp³-hybridized carbons (Fsp3) is 0.381. The van der Waals surface area contributed by atoms with E-state index < -0.39 is 0 Å². The molecule has 140 valence electrons. The van der Waals surface area contributed by atoms with Crippen molar-refractivity contribution >= 4 is 34.1 Å². The molecule has 0 amide bonds. The van der Waals surface area contributed by atoms with Crippen LogP contribution in [0.3, 0.4) is 0 Å². The summed E-state index contributed by atoms with van der Waals surface area (Å²) in [5.74, 6) is 2.77. The van der Waals surface area contributed by atoms with E-state index >= 15 is 0 Å². The predicted molar refractivity (Wildman–Crippen MR) is 112 cm³/mol. The Morgan fingerprint density at radius 2 is 1.56 bits per heavy atom. The molecule has 0 unspecified atom stereocenters. The largest absolute Gasteiger partial charge is 0.353 e. The molecule has 5 nitrogen and oxygen atoms in total. The summed E-state index contributed by atoms with van der Waals surface area (Å²) in [7, 11) is 0. The Balaban J connectivity index is 1.55. The molecule has 1 aliphatic heterocycles. The zero-order chi connectivity index (χ0) is 19.0. The third-order valence-corrected chi connectivity index (χ3v) is 5.40. The Hall–Kier alpha value is -2.40. The first-order chi connectivity index (χ1) is 13.0. The minimum Gasteiger partial charge on any atom is -0.353 e. The van der Waals surface area contributed by atoms with Gasteiger partial charge in [-0.1, -0.05) is 36.7 Å². The highest BCUT2D eigenvalue weighted by Crippen LogP contribution is 2.26. The predicted octanol–water partition coefficient (Wildman–Crippen LogP) is 4.18.